The van der Waals surface area contributed by atoms with Crippen LogP contribution in [0, 0.1) is 0 Å². The Kier molecular flexibility index (Phi) is 5.14. The van der Waals surface area contributed by atoms with Gasteiger partial charge in [0, 0.05) is 12.8 Å². The summed E-state index contributed by atoms with van der Waals surface area (Å²) in [6, 6.07) is 11.2. The van der Waals surface area contributed by atoms with Crippen molar-refractivity contribution in [2.75, 3.05) is 7.11 Å². The van der Waals surface area contributed by atoms with Crippen LogP contribution in [0.4, 0.5) is 0 Å². The van der Waals surface area contributed by atoms with Gasteiger partial charge in [0.2, 0.25) is 5.91 Å². The number of carboxylic acids is 1. The van der Waals surface area contributed by atoms with E-state index in [0.29, 0.717) is 12.2 Å². The molecule has 0 saturated carbocycles. The Morgan fingerprint density at radius 1 is 1.32 bits per heavy atom. The Hall–Kier alpha value is -2.67. The normalized spacial score (nSPS) is 16.6. The molecule has 3 rings (SSSR count). The van der Waals surface area contributed by atoms with Crippen molar-refractivity contribution < 1.29 is 19.4 Å². The van der Waals surface area contributed by atoms with E-state index in [9.17, 15) is 9.59 Å². The number of rotatable bonds is 6. The number of carbonyl (C=O) groups is 2. The van der Waals surface area contributed by atoms with Crippen molar-refractivity contribution >= 4 is 28.9 Å². The number of carboxylic acid groups (broad SMARTS) is 1. The minimum Gasteiger partial charge on any atom is -0.497 e. The molecule has 130 valence electrons. The Labute approximate surface area is 149 Å². The van der Waals surface area contributed by atoms with E-state index in [0.717, 1.165) is 16.2 Å². The van der Waals surface area contributed by atoms with Crippen LogP contribution in [-0.4, -0.2) is 34.8 Å². The van der Waals surface area contributed by atoms with Gasteiger partial charge in [-0.05, 0) is 29.1 Å². The summed E-state index contributed by atoms with van der Waals surface area (Å²) in [5.41, 5.74) is 1.75. The molecule has 0 unspecified atom stereocenters. The third-order valence-corrected chi connectivity index (χ3v) is 4.92. The van der Waals surface area contributed by atoms with Gasteiger partial charge in [-0.15, -0.1) is 11.3 Å². The summed E-state index contributed by atoms with van der Waals surface area (Å²) in [5, 5.41) is 16.7. The van der Waals surface area contributed by atoms with Crippen molar-refractivity contribution in [3.63, 3.8) is 0 Å². The van der Waals surface area contributed by atoms with Crippen LogP contribution >= 0.6 is 11.3 Å². The molecule has 6 nitrogen and oxygen atoms in total. The molecule has 2 heterocycles. The molecule has 1 N–H and O–H groups in total. The highest BCUT2D eigenvalue weighted by Gasteiger charge is 2.33. The summed E-state index contributed by atoms with van der Waals surface area (Å²) in [7, 11) is 1.59. The lowest BCUT2D eigenvalue weighted by molar-refractivity contribution is -0.141. The number of carbonyl (C=O) groups excluding carboxylic acids is 1. The van der Waals surface area contributed by atoms with Crippen molar-refractivity contribution in [3.8, 4) is 5.75 Å². The van der Waals surface area contributed by atoms with Gasteiger partial charge in [0.25, 0.3) is 0 Å². The molecule has 7 heteroatoms. The minimum absolute atomic E-state index is 0.0724. The van der Waals surface area contributed by atoms with E-state index in [-0.39, 0.29) is 24.8 Å². The van der Waals surface area contributed by atoms with Crippen LogP contribution in [-0.2, 0) is 9.59 Å². The quantitative estimate of drug-likeness (QED) is 0.859. The fraction of sp³-hybridized carbons (Fsp3) is 0.278. The Balaban J connectivity index is 1.89. The third-order valence-electron chi connectivity index (χ3n) is 4.00. The van der Waals surface area contributed by atoms with E-state index in [4.69, 9.17) is 9.84 Å². The number of thiophene rings is 1. The van der Waals surface area contributed by atoms with Crippen LogP contribution in [0.5, 0.6) is 5.75 Å². The predicted molar refractivity (Wildman–Crippen MR) is 94.9 cm³/mol. The number of nitrogens with zero attached hydrogens (tertiary/aromatic N) is 2. The number of hydrogen-bond donors (Lipinski definition) is 1. The van der Waals surface area contributed by atoms with Crippen molar-refractivity contribution in [2.45, 2.75) is 25.3 Å². The van der Waals surface area contributed by atoms with E-state index in [1.165, 1.54) is 5.01 Å². The largest absolute Gasteiger partial charge is 0.497 e. The van der Waals surface area contributed by atoms with Crippen molar-refractivity contribution in [1.29, 1.82) is 0 Å². The van der Waals surface area contributed by atoms with Gasteiger partial charge < -0.3 is 9.84 Å². The minimum atomic E-state index is -0.993. The van der Waals surface area contributed by atoms with E-state index >= 15 is 0 Å². The molecule has 1 aromatic carbocycles. The molecule has 1 atom stereocenters. The zero-order chi connectivity index (χ0) is 17.8. The van der Waals surface area contributed by atoms with Gasteiger partial charge in [0.1, 0.15) is 5.75 Å². The molecule has 0 spiro atoms. The lowest BCUT2D eigenvalue weighted by Crippen LogP contribution is -2.27. The second-order valence-corrected chi connectivity index (χ2v) is 6.60. The van der Waals surface area contributed by atoms with Gasteiger partial charge in [0.05, 0.1) is 30.2 Å². The molecule has 1 aliphatic rings. The lowest BCUT2D eigenvalue weighted by atomic mass is 10.0. The number of hydrogen-bond acceptors (Lipinski definition) is 5. The molecule has 1 aromatic heterocycles. The highest BCUT2D eigenvalue weighted by Crippen LogP contribution is 2.35. The first-order chi connectivity index (χ1) is 12.1. The van der Waals surface area contributed by atoms with Crippen LogP contribution in [0.1, 0.15) is 35.7 Å². The second kappa shape index (κ2) is 7.48. The zero-order valence-electron chi connectivity index (χ0n) is 13.7. The topological polar surface area (TPSA) is 79.2 Å². The molecular weight excluding hydrogens is 340 g/mol. The van der Waals surface area contributed by atoms with Gasteiger partial charge >= 0.3 is 5.97 Å². The first kappa shape index (κ1) is 17.2. The summed E-state index contributed by atoms with van der Waals surface area (Å²) in [4.78, 5) is 24.3. The van der Waals surface area contributed by atoms with Gasteiger partial charge in [0.15, 0.2) is 0 Å². The highest BCUT2D eigenvalue weighted by molar-refractivity contribution is 7.12. The Morgan fingerprint density at radius 2 is 2.16 bits per heavy atom. The maximum atomic E-state index is 12.5. The number of ether oxygens (including phenoxy) is 1. The first-order valence-corrected chi connectivity index (χ1v) is 8.75. The smallest absolute Gasteiger partial charge is 0.303 e. The number of benzene rings is 1. The number of methoxy groups -OCH3 is 1. The summed E-state index contributed by atoms with van der Waals surface area (Å²) < 4.78 is 5.27. The maximum absolute atomic E-state index is 12.5. The summed E-state index contributed by atoms with van der Waals surface area (Å²) in [5.74, 6) is -0.574. The van der Waals surface area contributed by atoms with Gasteiger partial charge in [-0.25, -0.2) is 5.01 Å². The fourth-order valence-corrected chi connectivity index (χ4v) is 3.49. The summed E-state index contributed by atoms with van der Waals surface area (Å²) in [6.07, 6.45) is 0.313. The third kappa shape index (κ3) is 3.88. The van der Waals surface area contributed by atoms with Crippen molar-refractivity contribution in [2.24, 2.45) is 5.10 Å². The van der Waals surface area contributed by atoms with E-state index in [1.807, 2.05) is 41.8 Å². The van der Waals surface area contributed by atoms with Crippen LogP contribution in [0.2, 0.25) is 0 Å². The molecule has 0 saturated heterocycles. The predicted octanol–water partition coefficient (Wildman–Crippen LogP) is 3.30. The molecule has 1 aliphatic heterocycles. The Bertz CT molecular complexity index is 801. The summed E-state index contributed by atoms with van der Waals surface area (Å²) in [6.45, 7) is 0. The monoisotopic (exact) mass is 358 g/mol. The number of aliphatic carboxylic acids is 1. The first-order valence-electron chi connectivity index (χ1n) is 7.87. The standard InChI is InChI=1S/C18H18N2O4S/c1-24-13-5-2-4-12(10-13)15-11-14(16-6-3-9-25-16)19-20(15)17(21)7-8-18(22)23/h2-6,9-10,15H,7-8,11H2,1H3,(H,22,23)/t15-/m1/s1. The van der Waals surface area contributed by atoms with Crippen LogP contribution < -0.4 is 4.74 Å². The molecule has 25 heavy (non-hydrogen) atoms. The Morgan fingerprint density at radius 3 is 2.84 bits per heavy atom. The van der Waals surface area contributed by atoms with Crippen molar-refractivity contribution in [1.82, 2.24) is 5.01 Å². The molecule has 1 amide bonds. The van der Waals surface area contributed by atoms with Gasteiger partial charge in [-0.2, -0.15) is 5.10 Å². The van der Waals surface area contributed by atoms with E-state index in [2.05, 4.69) is 5.10 Å². The molecule has 0 radical (unpaired) electrons. The lowest BCUT2D eigenvalue weighted by Gasteiger charge is -2.22. The highest BCUT2D eigenvalue weighted by atomic mass is 32.1. The second-order valence-electron chi connectivity index (χ2n) is 5.65. The average Bonchev–Trinajstić information content (AvgIpc) is 3.28. The average molecular weight is 358 g/mol. The van der Waals surface area contributed by atoms with E-state index < -0.39 is 5.97 Å². The van der Waals surface area contributed by atoms with E-state index in [1.54, 1.807) is 18.4 Å². The maximum Gasteiger partial charge on any atom is 0.303 e. The van der Waals surface area contributed by atoms with Gasteiger partial charge in [-0.3, -0.25) is 9.59 Å². The molecule has 2 aromatic rings. The fourth-order valence-electron chi connectivity index (χ4n) is 2.77. The van der Waals surface area contributed by atoms with Crippen molar-refractivity contribution in [3.05, 3.63) is 52.2 Å². The van der Waals surface area contributed by atoms with Crippen LogP contribution in [0.25, 0.3) is 0 Å². The SMILES string of the molecule is COc1cccc([C@H]2CC(c3cccs3)=NN2C(=O)CCC(=O)O)c1. The molecule has 0 bridgehead atoms. The number of amides is 1. The van der Waals surface area contributed by atoms with Crippen LogP contribution in [0.15, 0.2) is 46.9 Å². The number of hydrazone groups is 1. The van der Waals surface area contributed by atoms with Crippen LogP contribution in [0.3, 0.4) is 0 Å². The zero-order valence-corrected chi connectivity index (χ0v) is 14.5. The molecule has 0 fully saturated rings. The molecule has 0 aliphatic carbocycles. The van der Waals surface area contributed by atoms with Gasteiger partial charge in [-0.1, -0.05) is 18.2 Å². The molecular formula is C18H18N2O4S. The summed E-state index contributed by atoms with van der Waals surface area (Å²) >= 11 is 1.57.